The molecule has 7 rings (SSSR count). The smallest absolute Gasteiger partial charge is 0.261 e. The number of carbonyl (C=O) groups is 1. The van der Waals surface area contributed by atoms with Gasteiger partial charge in [-0.25, -0.2) is 9.67 Å². The molecule has 3 heterocycles. The van der Waals surface area contributed by atoms with Gasteiger partial charge in [0.05, 0.1) is 75.6 Å². The predicted octanol–water partition coefficient (Wildman–Crippen LogP) is 5.46. The highest BCUT2D eigenvalue weighted by Crippen LogP contribution is 2.41. The summed E-state index contributed by atoms with van der Waals surface area (Å²) in [5, 5.41) is 9.19. The zero-order valence-electron chi connectivity index (χ0n) is 28.2. The monoisotopic (exact) mass is 670 g/mol. The number of nitrogens with zero attached hydrogens (tertiary/aromatic N) is 6. The third-order valence-electron chi connectivity index (χ3n) is 8.66. The molecule has 4 aromatic carbocycles. The summed E-state index contributed by atoms with van der Waals surface area (Å²) in [6, 6.07) is 24.2. The molecule has 0 spiro atoms. The number of rotatable bonds is 10. The van der Waals surface area contributed by atoms with E-state index in [-0.39, 0.29) is 24.6 Å². The van der Waals surface area contributed by atoms with Crippen LogP contribution in [-0.2, 0) is 17.9 Å². The summed E-state index contributed by atoms with van der Waals surface area (Å²) in [6.45, 7) is 2.42. The molecule has 0 saturated heterocycles. The fourth-order valence-corrected chi connectivity index (χ4v) is 6.07. The van der Waals surface area contributed by atoms with E-state index in [1.807, 2.05) is 55.5 Å². The van der Waals surface area contributed by atoms with E-state index in [0.717, 1.165) is 11.1 Å². The molecular weight excluding hydrogens is 636 g/mol. The summed E-state index contributed by atoms with van der Waals surface area (Å²) >= 11 is 0. The van der Waals surface area contributed by atoms with E-state index in [1.54, 1.807) is 78.1 Å². The summed E-state index contributed by atoms with van der Waals surface area (Å²) in [6.07, 6.45) is 3.43. The topological polar surface area (TPSA) is 123 Å². The standard InChI is InChI=1S/C38H34N6O6/c1-23-10-12-24(13-11-23)20-43-35(39-31-9-7-6-8-28(31)37(43)45)19-30-29-18-27(47-2)14-15-32(29)42(38(30)46)21-25-22-44(41-40-25)26-16-33(48-3)36(50-5)34(17-26)49-4/h6-19,22H,20-21H2,1-5H3/b30-19+. The lowest BCUT2D eigenvalue weighted by Gasteiger charge is -2.16. The van der Waals surface area contributed by atoms with Crippen LogP contribution in [0.3, 0.4) is 0 Å². The summed E-state index contributed by atoms with van der Waals surface area (Å²) in [7, 11) is 6.20. The first-order valence-corrected chi connectivity index (χ1v) is 15.8. The molecule has 0 unspecified atom stereocenters. The normalized spacial score (nSPS) is 13.2. The number of ether oxygens (including phenoxy) is 4. The predicted molar refractivity (Wildman–Crippen MR) is 189 cm³/mol. The molecule has 0 bridgehead atoms. The maximum Gasteiger partial charge on any atom is 0.261 e. The second-order valence-electron chi connectivity index (χ2n) is 11.7. The first kappa shape index (κ1) is 32.1. The molecule has 12 heteroatoms. The highest BCUT2D eigenvalue weighted by atomic mass is 16.5. The van der Waals surface area contributed by atoms with Gasteiger partial charge >= 0.3 is 0 Å². The average Bonchev–Trinajstić information content (AvgIpc) is 3.72. The molecule has 0 N–H and O–H groups in total. The van der Waals surface area contributed by atoms with E-state index in [4.69, 9.17) is 23.9 Å². The lowest BCUT2D eigenvalue weighted by Crippen LogP contribution is -2.27. The maximum absolute atomic E-state index is 14.3. The molecule has 252 valence electrons. The van der Waals surface area contributed by atoms with Gasteiger partial charge in [-0.05, 0) is 48.9 Å². The van der Waals surface area contributed by atoms with Crippen LogP contribution in [-0.4, -0.2) is 58.9 Å². The van der Waals surface area contributed by atoms with Gasteiger partial charge in [0.2, 0.25) is 5.75 Å². The van der Waals surface area contributed by atoms with Crippen molar-refractivity contribution in [3.63, 3.8) is 0 Å². The van der Waals surface area contributed by atoms with Gasteiger partial charge in [0.15, 0.2) is 11.5 Å². The molecule has 2 aromatic heterocycles. The van der Waals surface area contributed by atoms with Gasteiger partial charge in [-0.1, -0.05) is 47.2 Å². The second-order valence-corrected chi connectivity index (χ2v) is 11.7. The number of hydrogen-bond acceptors (Lipinski definition) is 9. The van der Waals surface area contributed by atoms with Crippen LogP contribution in [0.5, 0.6) is 23.0 Å². The average molecular weight is 671 g/mol. The zero-order chi connectivity index (χ0) is 34.9. The summed E-state index contributed by atoms with van der Waals surface area (Å²) in [5.74, 6) is 2.06. The van der Waals surface area contributed by atoms with Gasteiger partial charge in [-0.2, -0.15) is 0 Å². The Labute approximate surface area is 287 Å². The van der Waals surface area contributed by atoms with E-state index in [9.17, 15) is 9.59 Å². The van der Waals surface area contributed by atoms with Gasteiger partial charge in [0.1, 0.15) is 17.3 Å². The fraction of sp³-hybridized carbons (Fsp3) is 0.184. The van der Waals surface area contributed by atoms with E-state index in [1.165, 1.54) is 7.11 Å². The van der Waals surface area contributed by atoms with Gasteiger partial charge < -0.3 is 23.8 Å². The van der Waals surface area contributed by atoms with Crippen LogP contribution in [0.15, 0.2) is 89.9 Å². The highest BCUT2D eigenvalue weighted by molar-refractivity contribution is 6.35. The van der Waals surface area contributed by atoms with Crippen molar-refractivity contribution in [3.8, 4) is 28.7 Å². The molecule has 0 radical (unpaired) electrons. The van der Waals surface area contributed by atoms with Crippen molar-refractivity contribution in [2.45, 2.75) is 20.0 Å². The maximum atomic E-state index is 14.3. The molecule has 6 aromatic rings. The van der Waals surface area contributed by atoms with Gasteiger partial charge in [-0.15, -0.1) is 5.10 Å². The van der Waals surface area contributed by atoms with Crippen LogP contribution in [0.2, 0.25) is 0 Å². The largest absolute Gasteiger partial charge is 0.497 e. The number of benzene rings is 4. The molecule has 0 fully saturated rings. The Bertz CT molecular complexity index is 2320. The van der Waals surface area contributed by atoms with Gasteiger partial charge in [0.25, 0.3) is 11.5 Å². The minimum atomic E-state index is -0.278. The lowest BCUT2D eigenvalue weighted by molar-refractivity contribution is -0.113. The molecule has 12 nitrogen and oxygen atoms in total. The minimum Gasteiger partial charge on any atom is -0.497 e. The SMILES string of the molecule is COc1ccc2c(c1)/C(=C\c1nc3ccccc3c(=O)n1Cc1ccc(C)cc1)C(=O)N2Cc1cn(-c2cc(OC)c(OC)c(OC)c2)nn1. The molecule has 1 aliphatic heterocycles. The Morgan fingerprint density at radius 2 is 1.54 bits per heavy atom. The molecule has 50 heavy (non-hydrogen) atoms. The Balaban J connectivity index is 1.29. The van der Waals surface area contributed by atoms with E-state index in [2.05, 4.69) is 10.3 Å². The Hall–Kier alpha value is -6.43. The fourth-order valence-electron chi connectivity index (χ4n) is 6.07. The van der Waals surface area contributed by atoms with E-state index >= 15 is 0 Å². The van der Waals surface area contributed by atoms with Crippen molar-refractivity contribution in [2.24, 2.45) is 0 Å². The highest BCUT2D eigenvalue weighted by Gasteiger charge is 2.34. The molecular formula is C38H34N6O6. The van der Waals surface area contributed by atoms with Crippen LogP contribution in [0, 0.1) is 6.92 Å². The van der Waals surface area contributed by atoms with Gasteiger partial charge in [0, 0.05) is 17.7 Å². The summed E-state index contributed by atoms with van der Waals surface area (Å²) in [4.78, 5) is 34.8. The van der Waals surface area contributed by atoms with Crippen molar-refractivity contribution >= 4 is 34.1 Å². The number of aromatic nitrogens is 5. The molecule has 0 atom stereocenters. The Kier molecular flexibility index (Phi) is 8.50. The summed E-state index contributed by atoms with van der Waals surface area (Å²) in [5.41, 5.74) is 5.25. The van der Waals surface area contributed by atoms with E-state index in [0.29, 0.717) is 67.9 Å². The van der Waals surface area contributed by atoms with Crippen LogP contribution in [0.1, 0.15) is 28.2 Å². The molecule has 1 amide bonds. The quantitative estimate of drug-likeness (QED) is 0.175. The van der Waals surface area contributed by atoms with E-state index < -0.39 is 0 Å². The Morgan fingerprint density at radius 1 is 0.800 bits per heavy atom. The lowest BCUT2D eigenvalue weighted by atomic mass is 10.1. The number of para-hydroxylation sites is 1. The van der Waals surface area contributed by atoms with Crippen molar-refractivity contribution in [2.75, 3.05) is 33.3 Å². The minimum absolute atomic E-state index is 0.126. The number of fused-ring (bicyclic) bond motifs is 2. The first-order valence-electron chi connectivity index (χ1n) is 15.8. The number of hydrogen-bond donors (Lipinski definition) is 0. The third kappa shape index (κ3) is 5.80. The molecule has 1 aliphatic rings. The number of amides is 1. The van der Waals surface area contributed by atoms with Crippen LogP contribution in [0.4, 0.5) is 5.69 Å². The molecule has 0 aliphatic carbocycles. The number of carbonyl (C=O) groups excluding carboxylic acids is 1. The van der Waals surface area contributed by atoms with Crippen molar-refractivity contribution in [1.29, 1.82) is 0 Å². The van der Waals surface area contributed by atoms with Crippen LogP contribution >= 0.6 is 0 Å². The number of anilines is 1. The first-order chi connectivity index (χ1) is 24.3. The number of aryl methyl sites for hydroxylation is 1. The zero-order valence-corrected chi connectivity index (χ0v) is 28.2. The number of methoxy groups -OCH3 is 4. The van der Waals surface area contributed by atoms with Crippen molar-refractivity contribution in [1.82, 2.24) is 24.5 Å². The summed E-state index contributed by atoms with van der Waals surface area (Å²) < 4.78 is 25.2. The van der Waals surface area contributed by atoms with Gasteiger partial charge in [-0.3, -0.25) is 14.2 Å². The van der Waals surface area contributed by atoms with Crippen molar-refractivity contribution in [3.05, 3.63) is 124 Å². The Morgan fingerprint density at radius 3 is 2.24 bits per heavy atom. The van der Waals surface area contributed by atoms with Crippen LogP contribution in [0.25, 0.3) is 28.2 Å². The van der Waals surface area contributed by atoms with Crippen LogP contribution < -0.4 is 29.4 Å². The second kappa shape index (κ2) is 13.2. The molecule has 0 saturated carbocycles. The third-order valence-corrected chi connectivity index (χ3v) is 8.66. The van der Waals surface area contributed by atoms with Crippen molar-refractivity contribution < 1.29 is 23.7 Å².